The van der Waals surface area contributed by atoms with Gasteiger partial charge in [-0.05, 0) is 19.3 Å². The molecule has 0 saturated heterocycles. The number of nitrogens with one attached hydrogen (secondary N) is 1. The van der Waals surface area contributed by atoms with E-state index in [1.807, 2.05) is 12.2 Å². The first-order chi connectivity index (χ1) is 7.74. The van der Waals surface area contributed by atoms with Crippen molar-refractivity contribution in [3.8, 4) is 12.3 Å². The lowest BCUT2D eigenvalue weighted by atomic mass is 9.95. The van der Waals surface area contributed by atoms with Gasteiger partial charge in [0, 0.05) is 0 Å². The summed E-state index contributed by atoms with van der Waals surface area (Å²) in [6, 6.07) is 0. The maximum absolute atomic E-state index is 11.5. The molecule has 0 aromatic carbocycles. The molecular weight excluding hydrogens is 206 g/mol. The van der Waals surface area contributed by atoms with E-state index in [0.717, 1.165) is 12.8 Å². The first-order valence-corrected chi connectivity index (χ1v) is 5.26. The van der Waals surface area contributed by atoms with Crippen LogP contribution in [-0.4, -0.2) is 25.0 Å². The van der Waals surface area contributed by atoms with Crippen LogP contribution in [0.1, 0.15) is 19.3 Å². The molecule has 0 aliphatic heterocycles. The fourth-order valence-corrected chi connectivity index (χ4v) is 1.46. The standard InChI is InChI=1S/C12H15NO3/c1-2-8-13-11(14)9-16-12(15)10-6-4-3-5-7-10/h1,3-4,10H,5-9H2,(H,13,14)/t10-/m0/s1. The Labute approximate surface area is 95.0 Å². The van der Waals surface area contributed by atoms with Crippen molar-refractivity contribution in [1.29, 1.82) is 0 Å². The van der Waals surface area contributed by atoms with Crippen molar-refractivity contribution in [3.05, 3.63) is 12.2 Å². The summed E-state index contributed by atoms with van der Waals surface area (Å²) in [7, 11) is 0. The number of carbonyl (C=O) groups is 2. The predicted octanol–water partition coefficient (Wildman–Crippen LogP) is 0.635. The molecule has 0 bridgehead atoms. The second kappa shape index (κ2) is 6.67. The van der Waals surface area contributed by atoms with E-state index >= 15 is 0 Å². The van der Waals surface area contributed by atoms with Crippen LogP contribution >= 0.6 is 0 Å². The quantitative estimate of drug-likeness (QED) is 0.430. The fourth-order valence-electron chi connectivity index (χ4n) is 1.46. The SMILES string of the molecule is C#CCNC(=O)COC(=O)[C@H]1CC=CCC1. The molecule has 0 aromatic heterocycles. The Morgan fingerprint density at radius 2 is 2.31 bits per heavy atom. The van der Waals surface area contributed by atoms with E-state index < -0.39 is 0 Å². The molecule has 0 saturated carbocycles. The molecule has 4 heteroatoms. The van der Waals surface area contributed by atoms with Gasteiger partial charge in [0.2, 0.25) is 0 Å². The molecule has 4 nitrogen and oxygen atoms in total. The molecule has 0 heterocycles. The van der Waals surface area contributed by atoms with E-state index in [9.17, 15) is 9.59 Å². The molecule has 1 N–H and O–H groups in total. The van der Waals surface area contributed by atoms with Gasteiger partial charge in [-0.2, -0.15) is 0 Å². The Hall–Kier alpha value is -1.76. The monoisotopic (exact) mass is 221 g/mol. The smallest absolute Gasteiger partial charge is 0.309 e. The maximum atomic E-state index is 11.5. The molecule has 0 unspecified atom stereocenters. The Balaban J connectivity index is 2.22. The van der Waals surface area contributed by atoms with Gasteiger partial charge in [-0.1, -0.05) is 18.1 Å². The van der Waals surface area contributed by atoms with Crippen molar-refractivity contribution in [1.82, 2.24) is 5.32 Å². The van der Waals surface area contributed by atoms with E-state index in [1.165, 1.54) is 0 Å². The third-order valence-electron chi connectivity index (χ3n) is 2.34. The van der Waals surface area contributed by atoms with Crippen LogP contribution in [0.25, 0.3) is 0 Å². The van der Waals surface area contributed by atoms with Crippen LogP contribution in [-0.2, 0) is 14.3 Å². The lowest BCUT2D eigenvalue weighted by Crippen LogP contribution is -2.30. The number of rotatable bonds is 4. The minimum absolute atomic E-state index is 0.106. The number of terminal acetylenes is 1. The Morgan fingerprint density at radius 3 is 2.94 bits per heavy atom. The minimum atomic E-state index is -0.363. The van der Waals surface area contributed by atoms with Gasteiger partial charge in [0.1, 0.15) is 0 Å². The summed E-state index contributed by atoms with van der Waals surface area (Å²) in [5.41, 5.74) is 0. The largest absolute Gasteiger partial charge is 0.455 e. The fraction of sp³-hybridized carbons (Fsp3) is 0.500. The average Bonchev–Trinajstić information content (AvgIpc) is 2.34. The van der Waals surface area contributed by atoms with Crippen LogP contribution in [0, 0.1) is 18.3 Å². The summed E-state index contributed by atoms with van der Waals surface area (Å²) < 4.78 is 4.89. The van der Waals surface area contributed by atoms with Crippen molar-refractivity contribution < 1.29 is 14.3 Å². The lowest BCUT2D eigenvalue weighted by Gasteiger charge is -2.15. The number of carbonyl (C=O) groups excluding carboxylic acids is 2. The number of allylic oxidation sites excluding steroid dienone is 2. The first-order valence-electron chi connectivity index (χ1n) is 5.26. The van der Waals surface area contributed by atoms with Crippen LogP contribution in [0.3, 0.4) is 0 Å². The van der Waals surface area contributed by atoms with Gasteiger partial charge in [-0.3, -0.25) is 9.59 Å². The summed E-state index contributed by atoms with van der Waals surface area (Å²) in [6.45, 7) is -0.0940. The Morgan fingerprint density at radius 1 is 1.50 bits per heavy atom. The summed E-state index contributed by atoms with van der Waals surface area (Å²) in [5, 5.41) is 2.42. The normalized spacial score (nSPS) is 18.6. The molecule has 1 rings (SSSR count). The topological polar surface area (TPSA) is 55.4 Å². The second-order valence-electron chi connectivity index (χ2n) is 3.57. The van der Waals surface area contributed by atoms with Gasteiger partial charge in [-0.15, -0.1) is 6.42 Å². The van der Waals surface area contributed by atoms with E-state index in [2.05, 4.69) is 11.2 Å². The van der Waals surface area contributed by atoms with Crippen LogP contribution in [0.2, 0.25) is 0 Å². The van der Waals surface area contributed by atoms with Gasteiger partial charge < -0.3 is 10.1 Å². The average molecular weight is 221 g/mol. The lowest BCUT2D eigenvalue weighted by molar-refractivity contribution is -0.152. The van der Waals surface area contributed by atoms with Gasteiger partial charge in [0.25, 0.3) is 5.91 Å². The Kier molecular flexibility index (Phi) is 5.13. The molecule has 0 radical (unpaired) electrons. The minimum Gasteiger partial charge on any atom is -0.455 e. The van der Waals surface area contributed by atoms with E-state index in [4.69, 9.17) is 11.2 Å². The van der Waals surface area contributed by atoms with Gasteiger partial charge in [-0.25, -0.2) is 0 Å². The molecule has 0 spiro atoms. The summed E-state index contributed by atoms with van der Waals surface area (Å²) in [5.74, 6) is 1.49. The summed E-state index contributed by atoms with van der Waals surface area (Å²) >= 11 is 0. The van der Waals surface area contributed by atoms with E-state index in [1.54, 1.807) is 0 Å². The highest BCUT2D eigenvalue weighted by molar-refractivity contribution is 5.81. The maximum Gasteiger partial charge on any atom is 0.309 e. The zero-order chi connectivity index (χ0) is 11.8. The molecule has 1 aliphatic rings. The van der Waals surface area contributed by atoms with Crippen LogP contribution in [0.15, 0.2) is 12.2 Å². The van der Waals surface area contributed by atoms with Gasteiger partial charge in [0.15, 0.2) is 6.61 Å². The highest BCUT2D eigenvalue weighted by Crippen LogP contribution is 2.19. The van der Waals surface area contributed by atoms with Gasteiger partial charge in [0.05, 0.1) is 12.5 Å². The van der Waals surface area contributed by atoms with Crippen LogP contribution in [0.5, 0.6) is 0 Å². The number of hydrogen-bond acceptors (Lipinski definition) is 3. The highest BCUT2D eigenvalue weighted by atomic mass is 16.5. The first kappa shape index (κ1) is 12.3. The molecule has 0 aromatic rings. The third-order valence-corrected chi connectivity index (χ3v) is 2.34. The van der Waals surface area contributed by atoms with E-state index in [-0.39, 0.29) is 30.9 Å². The molecule has 1 atom stereocenters. The molecule has 1 amide bonds. The summed E-state index contributed by atoms with van der Waals surface area (Å²) in [4.78, 5) is 22.6. The highest BCUT2D eigenvalue weighted by Gasteiger charge is 2.20. The number of ether oxygens (including phenoxy) is 1. The van der Waals surface area contributed by atoms with Crippen molar-refractivity contribution in [2.45, 2.75) is 19.3 Å². The molecule has 86 valence electrons. The van der Waals surface area contributed by atoms with Crippen molar-refractivity contribution in [2.75, 3.05) is 13.2 Å². The second-order valence-corrected chi connectivity index (χ2v) is 3.57. The van der Waals surface area contributed by atoms with Crippen LogP contribution < -0.4 is 5.32 Å². The molecule has 1 aliphatic carbocycles. The zero-order valence-corrected chi connectivity index (χ0v) is 9.07. The van der Waals surface area contributed by atoms with Crippen molar-refractivity contribution in [2.24, 2.45) is 5.92 Å². The summed E-state index contributed by atoms with van der Waals surface area (Å²) in [6.07, 6.45) is 11.4. The van der Waals surface area contributed by atoms with Crippen molar-refractivity contribution >= 4 is 11.9 Å². The van der Waals surface area contributed by atoms with E-state index in [0.29, 0.717) is 6.42 Å². The Bertz CT molecular complexity index is 328. The van der Waals surface area contributed by atoms with Crippen LogP contribution in [0.4, 0.5) is 0 Å². The molecular formula is C12H15NO3. The number of hydrogen-bond donors (Lipinski definition) is 1. The van der Waals surface area contributed by atoms with Gasteiger partial charge >= 0.3 is 5.97 Å². The van der Waals surface area contributed by atoms with Crippen molar-refractivity contribution in [3.63, 3.8) is 0 Å². The predicted molar refractivity (Wildman–Crippen MR) is 59.3 cm³/mol. The molecule has 16 heavy (non-hydrogen) atoms. The number of amides is 1. The molecule has 0 fully saturated rings. The third kappa shape index (κ3) is 4.18. The number of esters is 1. The zero-order valence-electron chi connectivity index (χ0n) is 9.07.